The second kappa shape index (κ2) is 6.55. The first-order chi connectivity index (χ1) is 10.0. The summed E-state index contributed by atoms with van der Waals surface area (Å²) in [4.78, 5) is 22.6. The van der Waals surface area contributed by atoms with E-state index in [4.69, 9.17) is 5.73 Å². The summed E-state index contributed by atoms with van der Waals surface area (Å²) in [5.41, 5.74) is 5.54. The molecule has 2 aromatic rings. The first kappa shape index (κ1) is 14.6. The van der Waals surface area contributed by atoms with Crippen LogP contribution < -0.4 is 16.4 Å². The summed E-state index contributed by atoms with van der Waals surface area (Å²) in [5.74, 6) is -0.498. The van der Waals surface area contributed by atoms with E-state index >= 15 is 0 Å². The maximum Gasteiger partial charge on any atom is 0.319 e. The van der Waals surface area contributed by atoms with Gasteiger partial charge in [-0.25, -0.2) is 4.79 Å². The van der Waals surface area contributed by atoms with Crippen molar-refractivity contribution in [2.75, 3.05) is 5.32 Å². The lowest BCUT2D eigenvalue weighted by molar-refractivity contribution is -0.118. The highest BCUT2D eigenvalue weighted by Gasteiger charge is 2.09. The van der Waals surface area contributed by atoms with Crippen LogP contribution in [0.4, 0.5) is 10.5 Å². The number of primary amides is 1. The Labute approximate surface area is 121 Å². The number of anilines is 1. The topological polar surface area (TPSA) is 120 Å². The molecule has 0 aromatic carbocycles. The van der Waals surface area contributed by atoms with Crippen molar-refractivity contribution in [1.29, 1.82) is 0 Å². The van der Waals surface area contributed by atoms with Gasteiger partial charge in [-0.3, -0.25) is 14.2 Å². The Morgan fingerprint density at radius 3 is 2.86 bits per heavy atom. The fourth-order valence-corrected chi connectivity index (χ4v) is 1.80. The Bertz CT molecular complexity index is 605. The first-order valence-corrected chi connectivity index (χ1v) is 6.38. The van der Waals surface area contributed by atoms with E-state index in [1.165, 1.54) is 17.1 Å². The van der Waals surface area contributed by atoms with E-state index in [1.807, 2.05) is 19.2 Å². The Hall–Kier alpha value is -2.84. The molecule has 2 heterocycles. The van der Waals surface area contributed by atoms with Crippen LogP contribution in [0.5, 0.6) is 0 Å². The lowest BCUT2D eigenvalue weighted by Crippen LogP contribution is -2.38. The molecule has 0 saturated heterocycles. The van der Waals surface area contributed by atoms with Gasteiger partial charge in [-0.15, -0.1) is 0 Å². The van der Waals surface area contributed by atoms with Gasteiger partial charge in [0.05, 0.1) is 18.4 Å². The highest BCUT2D eigenvalue weighted by Crippen LogP contribution is 2.04. The molecule has 0 bridgehead atoms. The number of aromatic nitrogens is 4. The normalized spacial score (nSPS) is 11.9. The van der Waals surface area contributed by atoms with Gasteiger partial charge in [-0.05, 0) is 13.0 Å². The van der Waals surface area contributed by atoms with Gasteiger partial charge < -0.3 is 16.4 Å². The number of hydrogen-bond donors (Lipinski definition) is 3. The quantitative estimate of drug-likeness (QED) is 0.681. The number of amides is 3. The molecule has 1 atom stereocenters. The van der Waals surface area contributed by atoms with Crippen molar-refractivity contribution in [1.82, 2.24) is 24.9 Å². The van der Waals surface area contributed by atoms with Gasteiger partial charge in [0.1, 0.15) is 6.54 Å². The Morgan fingerprint density at radius 2 is 2.19 bits per heavy atom. The van der Waals surface area contributed by atoms with Crippen LogP contribution in [0.15, 0.2) is 30.9 Å². The van der Waals surface area contributed by atoms with Gasteiger partial charge in [0.15, 0.2) is 0 Å². The van der Waals surface area contributed by atoms with Gasteiger partial charge in [0.25, 0.3) is 0 Å². The number of nitrogens with two attached hydrogens (primary N) is 1. The average Bonchev–Trinajstić information content (AvgIpc) is 3.00. The van der Waals surface area contributed by atoms with Crippen LogP contribution in [0.25, 0.3) is 0 Å². The predicted molar refractivity (Wildman–Crippen MR) is 75.3 cm³/mol. The molecule has 0 spiro atoms. The molecule has 0 fully saturated rings. The van der Waals surface area contributed by atoms with E-state index in [-0.39, 0.29) is 18.6 Å². The summed E-state index contributed by atoms with van der Waals surface area (Å²) < 4.78 is 3.08. The van der Waals surface area contributed by atoms with E-state index in [0.29, 0.717) is 12.2 Å². The van der Waals surface area contributed by atoms with Crippen molar-refractivity contribution in [2.24, 2.45) is 5.73 Å². The minimum atomic E-state index is -0.498. The maximum absolute atomic E-state index is 11.8. The third kappa shape index (κ3) is 4.64. The molecule has 2 rings (SSSR count). The monoisotopic (exact) mass is 291 g/mol. The Morgan fingerprint density at radius 1 is 1.38 bits per heavy atom. The van der Waals surface area contributed by atoms with E-state index in [9.17, 15) is 9.59 Å². The summed E-state index contributed by atoms with van der Waals surface area (Å²) >= 11 is 0. The van der Waals surface area contributed by atoms with Gasteiger partial charge >= 0.3 is 6.03 Å². The lowest BCUT2D eigenvalue weighted by atomic mass is 10.3. The fraction of sp³-hybridized carbons (Fsp3) is 0.333. The van der Waals surface area contributed by atoms with Gasteiger partial charge in [-0.1, -0.05) is 0 Å². The van der Waals surface area contributed by atoms with Crippen molar-refractivity contribution < 1.29 is 9.59 Å². The number of urea groups is 1. The van der Waals surface area contributed by atoms with Crippen LogP contribution in [0.2, 0.25) is 0 Å². The predicted octanol–water partition coefficient (Wildman–Crippen LogP) is -0.225. The largest absolute Gasteiger partial charge is 0.368 e. The summed E-state index contributed by atoms with van der Waals surface area (Å²) in [6.45, 7) is 2.41. The van der Waals surface area contributed by atoms with Crippen molar-refractivity contribution in [3.8, 4) is 0 Å². The zero-order chi connectivity index (χ0) is 15.2. The molecular weight excluding hydrogens is 274 g/mol. The Kier molecular flexibility index (Phi) is 4.54. The van der Waals surface area contributed by atoms with Crippen molar-refractivity contribution in [3.05, 3.63) is 30.9 Å². The average molecular weight is 291 g/mol. The number of carbonyl (C=O) groups is 2. The van der Waals surface area contributed by atoms with Crippen molar-refractivity contribution in [3.63, 3.8) is 0 Å². The molecule has 4 N–H and O–H groups in total. The number of hydrogen-bond acceptors (Lipinski definition) is 4. The molecule has 2 aromatic heterocycles. The number of carbonyl (C=O) groups excluding carboxylic acids is 2. The highest BCUT2D eigenvalue weighted by molar-refractivity contribution is 5.89. The van der Waals surface area contributed by atoms with Crippen LogP contribution in [0.3, 0.4) is 0 Å². The molecule has 0 aliphatic rings. The smallest absolute Gasteiger partial charge is 0.319 e. The molecular formula is C12H17N7O2. The van der Waals surface area contributed by atoms with Crippen LogP contribution in [0, 0.1) is 0 Å². The molecule has 0 saturated carbocycles. The minimum absolute atomic E-state index is 0.0288. The van der Waals surface area contributed by atoms with Crippen molar-refractivity contribution >= 4 is 17.6 Å². The zero-order valence-corrected chi connectivity index (χ0v) is 11.6. The summed E-state index contributed by atoms with van der Waals surface area (Å²) in [7, 11) is 0. The van der Waals surface area contributed by atoms with Gasteiger partial charge in [-0.2, -0.15) is 10.2 Å². The standard InChI is InChI=1S/C12H17N7O2/c1-9(6-18-4-2-3-14-18)16-12(21)17-10-5-15-19(7-10)8-11(13)20/h2-5,7,9H,6,8H2,1H3,(H2,13,20)(H2,16,17,21)/t9-/m0/s1. The first-order valence-electron chi connectivity index (χ1n) is 6.38. The fourth-order valence-electron chi connectivity index (χ4n) is 1.80. The minimum Gasteiger partial charge on any atom is -0.368 e. The van der Waals surface area contributed by atoms with Crippen molar-refractivity contribution in [2.45, 2.75) is 26.1 Å². The van der Waals surface area contributed by atoms with E-state index in [2.05, 4.69) is 20.8 Å². The molecule has 0 unspecified atom stereocenters. The van der Waals surface area contributed by atoms with E-state index < -0.39 is 5.91 Å². The van der Waals surface area contributed by atoms with Crippen LogP contribution in [-0.2, 0) is 17.9 Å². The van der Waals surface area contributed by atoms with E-state index in [0.717, 1.165) is 0 Å². The van der Waals surface area contributed by atoms with Crippen LogP contribution in [-0.4, -0.2) is 37.5 Å². The highest BCUT2D eigenvalue weighted by atomic mass is 16.2. The third-order valence-corrected chi connectivity index (χ3v) is 2.61. The molecule has 9 nitrogen and oxygen atoms in total. The maximum atomic E-state index is 11.8. The van der Waals surface area contributed by atoms with Crippen LogP contribution in [0.1, 0.15) is 6.92 Å². The summed E-state index contributed by atoms with van der Waals surface area (Å²) in [5, 5.41) is 13.4. The molecule has 21 heavy (non-hydrogen) atoms. The summed E-state index contributed by atoms with van der Waals surface area (Å²) in [6, 6.07) is 1.37. The number of rotatable bonds is 6. The molecule has 0 aliphatic carbocycles. The zero-order valence-electron chi connectivity index (χ0n) is 11.6. The van der Waals surface area contributed by atoms with E-state index in [1.54, 1.807) is 10.9 Å². The molecule has 112 valence electrons. The Balaban J connectivity index is 1.81. The van der Waals surface area contributed by atoms with Gasteiger partial charge in [0.2, 0.25) is 5.91 Å². The second-order valence-corrected chi connectivity index (χ2v) is 4.62. The second-order valence-electron chi connectivity index (χ2n) is 4.62. The molecule has 0 radical (unpaired) electrons. The molecule has 9 heteroatoms. The third-order valence-electron chi connectivity index (χ3n) is 2.61. The van der Waals surface area contributed by atoms with Gasteiger partial charge in [0, 0.05) is 24.6 Å². The van der Waals surface area contributed by atoms with Crippen LogP contribution >= 0.6 is 0 Å². The summed E-state index contributed by atoms with van der Waals surface area (Å²) in [6.07, 6.45) is 6.48. The lowest BCUT2D eigenvalue weighted by Gasteiger charge is -2.14. The number of nitrogens with zero attached hydrogens (tertiary/aromatic N) is 4. The number of nitrogens with one attached hydrogen (secondary N) is 2. The SMILES string of the molecule is C[C@@H](Cn1cccn1)NC(=O)Nc1cnn(CC(N)=O)c1. The molecule has 3 amide bonds. The molecule has 0 aliphatic heterocycles.